The van der Waals surface area contributed by atoms with Gasteiger partial charge in [0.25, 0.3) is 0 Å². The maximum atomic E-state index is 12.1. The molecule has 0 bridgehead atoms. The molecule has 0 radical (unpaired) electrons. The summed E-state index contributed by atoms with van der Waals surface area (Å²) in [6, 6.07) is 5.41. The second-order valence-corrected chi connectivity index (χ2v) is 7.57. The van der Waals surface area contributed by atoms with Crippen LogP contribution in [0.2, 0.25) is 0 Å². The number of nitrogens with one attached hydrogen (secondary N) is 1. The van der Waals surface area contributed by atoms with Crippen molar-refractivity contribution in [2.24, 2.45) is 0 Å². The summed E-state index contributed by atoms with van der Waals surface area (Å²) in [4.78, 5) is 0. The SMILES string of the molecule is CC[C@H](N[S+]([O-])C(C)(C)C)c1ccc(OC(F)(F)F)cc1. The third-order valence-electron chi connectivity index (χ3n) is 2.73. The quantitative estimate of drug-likeness (QED) is 0.830. The minimum Gasteiger partial charge on any atom is -0.598 e. The van der Waals surface area contributed by atoms with Crippen LogP contribution in [0.5, 0.6) is 5.75 Å². The van der Waals surface area contributed by atoms with Gasteiger partial charge in [0.2, 0.25) is 0 Å². The van der Waals surface area contributed by atoms with Gasteiger partial charge in [0.1, 0.15) is 10.5 Å². The van der Waals surface area contributed by atoms with Crippen LogP contribution in [0.4, 0.5) is 13.2 Å². The standard InChI is InChI=1S/C14H20F3NO2S/c1-5-12(18-21(19)13(2,3)4)10-6-8-11(9-7-10)20-14(15,16)17/h6-9,12,18H,5H2,1-4H3/t12-,21?/m0/s1. The smallest absolute Gasteiger partial charge is 0.573 e. The van der Waals surface area contributed by atoms with Crippen molar-refractivity contribution >= 4 is 11.4 Å². The molecule has 0 spiro atoms. The van der Waals surface area contributed by atoms with Crippen molar-refractivity contribution in [1.29, 1.82) is 0 Å². The fraction of sp³-hybridized carbons (Fsp3) is 0.571. The first-order valence-electron chi connectivity index (χ1n) is 6.56. The molecule has 0 heterocycles. The fourth-order valence-electron chi connectivity index (χ4n) is 1.59. The summed E-state index contributed by atoms with van der Waals surface area (Å²) in [5.74, 6) is -0.266. The van der Waals surface area contributed by atoms with Gasteiger partial charge < -0.3 is 9.29 Å². The van der Waals surface area contributed by atoms with Gasteiger partial charge in [0.05, 0.1) is 6.04 Å². The Morgan fingerprint density at radius 1 is 1.19 bits per heavy atom. The summed E-state index contributed by atoms with van der Waals surface area (Å²) in [7, 11) is 0. The Balaban J connectivity index is 2.78. The molecular formula is C14H20F3NO2S. The monoisotopic (exact) mass is 323 g/mol. The predicted octanol–water partition coefficient (Wildman–Crippen LogP) is 4.09. The highest BCUT2D eigenvalue weighted by atomic mass is 32.2. The van der Waals surface area contributed by atoms with Gasteiger partial charge in [-0.25, -0.2) is 0 Å². The molecule has 2 atom stereocenters. The lowest BCUT2D eigenvalue weighted by Crippen LogP contribution is -2.41. The summed E-state index contributed by atoms with van der Waals surface area (Å²) in [6.45, 7) is 7.47. The molecule has 0 aliphatic rings. The van der Waals surface area contributed by atoms with Gasteiger partial charge in [0.15, 0.2) is 0 Å². The van der Waals surface area contributed by atoms with Crippen LogP contribution in [0.15, 0.2) is 24.3 Å². The minimum absolute atomic E-state index is 0.190. The van der Waals surface area contributed by atoms with E-state index in [0.29, 0.717) is 6.42 Å². The first-order valence-corrected chi connectivity index (χ1v) is 7.71. The Kier molecular flexibility index (Phi) is 5.95. The van der Waals surface area contributed by atoms with Gasteiger partial charge in [-0.15, -0.1) is 17.9 Å². The number of benzene rings is 1. The van der Waals surface area contributed by atoms with Crippen LogP contribution in [0.1, 0.15) is 45.7 Å². The van der Waals surface area contributed by atoms with Gasteiger partial charge in [-0.05, 0) is 44.9 Å². The molecule has 21 heavy (non-hydrogen) atoms. The lowest BCUT2D eigenvalue weighted by molar-refractivity contribution is -0.274. The van der Waals surface area contributed by atoms with E-state index in [-0.39, 0.29) is 11.8 Å². The average Bonchev–Trinajstić information content (AvgIpc) is 2.33. The van der Waals surface area contributed by atoms with Crippen molar-refractivity contribution in [1.82, 2.24) is 4.72 Å². The predicted molar refractivity (Wildman–Crippen MR) is 77.2 cm³/mol. The molecule has 0 aliphatic heterocycles. The van der Waals surface area contributed by atoms with E-state index in [9.17, 15) is 17.7 Å². The lowest BCUT2D eigenvalue weighted by atomic mass is 10.1. The van der Waals surface area contributed by atoms with Crippen LogP contribution >= 0.6 is 0 Å². The topological polar surface area (TPSA) is 44.3 Å². The zero-order valence-electron chi connectivity index (χ0n) is 12.5. The van der Waals surface area contributed by atoms with E-state index in [4.69, 9.17) is 0 Å². The van der Waals surface area contributed by atoms with Crippen LogP contribution in [0.25, 0.3) is 0 Å². The van der Waals surface area contributed by atoms with Gasteiger partial charge in [0, 0.05) is 11.4 Å². The molecule has 7 heteroatoms. The molecule has 1 aromatic rings. The summed E-state index contributed by atoms with van der Waals surface area (Å²) < 4.78 is 54.8. The molecule has 0 saturated heterocycles. The Bertz CT molecular complexity index is 443. The fourth-order valence-corrected chi connectivity index (χ4v) is 2.51. The molecule has 0 aromatic heterocycles. The maximum absolute atomic E-state index is 12.1. The van der Waals surface area contributed by atoms with E-state index in [1.165, 1.54) is 12.1 Å². The molecule has 0 saturated carbocycles. The van der Waals surface area contributed by atoms with Crippen molar-refractivity contribution in [3.63, 3.8) is 0 Å². The first-order chi connectivity index (χ1) is 9.53. The number of halogens is 3. The summed E-state index contributed by atoms with van der Waals surface area (Å²) in [5.41, 5.74) is 0.768. The number of ether oxygens (including phenoxy) is 1. The van der Waals surface area contributed by atoms with Crippen molar-refractivity contribution in [3.8, 4) is 5.75 Å². The molecule has 1 rings (SSSR count). The van der Waals surface area contributed by atoms with Crippen molar-refractivity contribution < 1.29 is 22.5 Å². The highest BCUT2D eigenvalue weighted by molar-refractivity contribution is 7.90. The molecule has 1 aromatic carbocycles. The highest BCUT2D eigenvalue weighted by Crippen LogP contribution is 2.26. The van der Waals surface area contributed by atoms with Crippen LogP contribution in [-0.4, -0.2) is 15.7 Å². The van der Waals surface area contributed by atoms with Crippen LogP contribution in [0, 0.1) is 0 Å². The van der Waals surface area contributed by atoms with Crippen molar-refractivity contribution in [2.45, 2.75) is 51.3 Å². The number of alkyl halides is 3. The van der Waals surface area contributed by atoms with Gasteiger partial charge in [-0.1, -0.05) is 19.1 Å². The zero-order chi connectivity index (χ0) is 16.3. The van der Waals surface area contributed by atoms with Crippen molar-refractivity contribution in [3.05, 3.63) is 29.8 Å². The van der Waals surface area contributed by atoms with E-state index >= 15 is 0 Å². The first kappa shape index (κ1) is 18.1. The molecule has 3 nitrogen and oxygen atoms in total. The molecule has 0 aliphatic carbocycles. The highest BCUT2D eigenvalue weighted by Gasteiger charge is 2.31. The van der Waals surface area contributed by atoms with E-state index in [2.05, 4.69) is 9.46 Å². The second kappa shape index (κ2) is 6.89. The summed E-state index contributed by atoms with van der Waals surface area (Å²) in [5, 5.41) is 0. The average molecular weight is 323 g/mol. The van der Waals surface area contributed by atoms with Gasteiger partial charge in [-0.3, -0.25) is 0 Å². The largest absolute Gasteiger partial charge is 0.598 e. The van der Waals surface area contributed by atoms with Crippen molar-refractivity contribution in [2.75, 3.05) is 0 Å². The third kappa shape index (κ3) is 6.15. The maximum Gasteiger partial charge on any atom is 0.573 e. The lowest BCUT2D eigenvalue weighted by Gasteiger charge is -2.27. The van der Waals surface area contributed by atoms with Gasteiger partial charge in [-0.2, -0.15) is 0 Å². The molecular weight excluding hydrogens is 303 g/mol. The third-order valence-corrected chi connectivity index (χ3v) is 4.34. The molecule has 1 N–H and O–H groups in total. The number of hydrogen-bond donors (Lipinski definition) is 1. The second-order valence-electron chi connectivity index (χ2n) is 5.58. The molecule has 0 fully saturated rings. The van der Waals surface area contributed by atoms with Crippen LogP contribution < -0.4 is 9.46 Å². The number of rotatable bonds is 5. The van der Waals surface area contributed by atoms with Gasteiger partial charge >= 0.3 is 6.36 Å². The Labute approximate surface area is 126 Å². The molecule has 120 valence electrons. The number of hydrogen-bond acceptors (Lipinski definition) is 3. The Hall–Kier alpha value is -0.920. The zero-order valence-corrected chi connectivity index (χ0v) is 13.3. The Morgan fingerprint density at radius 2 is 1.71 bits per heavy atom. The van der Waals surface area contributed by atoms with Crippen LogP contribution in [0.3, 0.4) is 0 Å². The molecule has 1 unspecified atom stereocenters. The Morgan fingerprint density at radius 3 is 2.10 bits per heavy atom. The van der Waals surface area contributed by atoms with Crippen LogP contribution in [-0.2, 0) is 11.4 Å². The normalized spacial score (nSPS) is 15.6. The summed E-state index contributed by atoms with van der Waals surface area (Å²) in [6.07, 6.45) is -4.03. The molecule has 0 amide bonds. The summed E-state index contributed by atoms with van der Waals surface area (Å²) >= 11 is -1.25. The minimum atomic E-state index is -4.70. The van der Waals surface area contributed by atoms with E-state index < -0.39 is 22.5 Å². The van der Waals surface area contributed by atoms with E-state index in [1.807, 2.05) is 27.7 Å². The van der Waals surface area contributed by atoms with E-state index in [1.54, 1.807) is 12.1 Å². The van der Waals surface area contributed by atoms with E-state index in [0.717, 1.165) is 5.56 Å².